The van der Waals surface area contributed by atoms with Crippen LogP contribution in [0.1, 0.15) is 31.1 Å². The summed E-state index contributed by atoms with van der Waals surface area (Å²) < 4.78 is 5.85. The number of furan rings is 1. The van der Waals surface area contributed by atoms with Crippen molar-refractivity contribution in [2.75, 3.05) is 13.1 Å². The summed E-state index contributed by atoms with van der Waals surface area (Å²) in [4.78, 5) is 2.53. The van der Waals surface area contributed by atoms with Crippen LogP contribution in [0, 0.1) is 12.8 Å². The number of halogens is 1. The molecule has 1 aromatic carbocycles. The van der Waals surface area contributed by atoms with E-state index < -0.39 is 0 Å². The fourth-order valence-corrected chi connectivity index (χ4v) is 3.28. The van der Waals surface area contributed by atoms with Crippen molar-refractivity contribution >= 4 is 23.4 Å². The van der Waals surface area contributed by atoms with Crippen LogP contribution in [-0.2, 0) is 6.54 Å². The lowest BCUT2D eigenvalue weighted by molar-refractivity contribution is 0.165. The van der Waals surface area contributed by atoms with Crippen LogP contribution >= 0.6 is 12.4 Å². The molecule has 0 spiro atoms. The van der Waals surface area contributed by atoms with E-state index in [9.17, 15) is 0 Å². The third kappa shape index (κ3) is 3.42. The molecule has 1 fully saturated rings. The molecule has 1 aliphatic rings. The Morgan fingerprint density at radius 1 is 1.29 bits per heavy atom. The lowest BCUT2D eigenvalue weighted by Crippen LogP contribution is -2.39. The predicted octanol–water partition coefficient (Wildman–Crippen LogP) is 3.72. The van der Waals surface area contributed by atoms with Gasteiger partial charge in [0, 0.05) is 23.5 Å². The smallest absolute Gasteiger partial charge is 0.134 e. The third-order valence-corrected chi connectivity index (χ3v) is 4.66. The second-order valence-corrected chi connectivity index (χ2v) is 6.11. The van der Waals surface area contributed by atoms with Crippen LogP contribution in [0.2, 0.25) is 0 Å². The number of fused-ring (bicyclic) bond motifs is 1. The zero-order valence-corrected chi connectivity index (χ0v) is 13.7. The number of piperidine rings is 1. The summed E-state index contributed by atoms with van der Waals surface area (Å²) in [6, 6.07) is 8.66. The highest BCUT2D eigenvalue weighted by molar-refractivity contribution is 5.85. The Morgan fingerprint density at radius 2 is 1.95 bits per heavy atom. The largest absolute Gasteiger partial charge is 0.461 e. The molecule has 2 aromatic rings. The van der Waals surface area contributed by atoms with Gasteiger partial charge in [0.25, 0.3) is 0 Å². The Labute approximate surface area is 132 Å². The molecule has 116 valence electrons. The van der Waals surface area contributed by atoms with Crippen molar-refractivity contribution in [2.24, 2.45) is 11.7 Å². The Hall–Kier alpha value is -1.03. The number of likely N-dealkylation sites (tertiary alicyclic amines) is 1. The number of para-hydroxylation sites is 1. The summed E-state index contributed by atoms with van der Waals surface area (Å²) in [6.07, 6.45) is 2.43. The van der Waals surface area contributed by atoms with Crippen LogP contribution in [0.3, 0.4) is 0 Å². The molecule has 1 aliphatic heterocycles. The average Bonchev–Trinajstić information content (AvgIpc) is 2.76. The molecule has 2 N–H and O–H groups in total. The number of nitrogens with two attached hydrogens (primary N) is 1. The van der Waals surface area contributed by atoms with Gasteiger partial charge in [0.05, 0.1) is 0 Å². The fraction of sp³-hybridized carbons (Fsp3) is 0.529. The first-order valence-corrected chi connectivity index (χ1v) is 7.60. The summed E-state index contributed by atoms with van der Waals surface area (Å²) in [5.74, 6) is 1.74. The molecule has 3 nitrogen and oxygen atoms in total. The molecule has 2 heterocycles. The van der Waals surface area contributed by atoms with Crippen molar-refractivity contribution in [3.8, 4) is 0 Å². The second-order valence-electron chi connectivity index (χ2n) is 6.11. The van der Waals surface area contributed by atoms with Crippen LogP contribution in [0.25, 0.3) is 11.0 Å². The molecular formula is C17H25ClN2O. The minimum Gasteiger partial charge on any atom is -0.461 e. The molecule has 1 aromatic heterocycles. The van der Waals surface area contributed by atoms with E-state index in [1.54, 1.807) is 0 Å². The zero-order valence-electron chi connectivity index (χ0n) is 12.8. The SMILES string of the molecule is Cc1oc2ccccc2c1CN1CCC(C(C)N)CC1.Cl. The molecule has 0 amide bonds. The lowest BCUT2D eigenvalue weighted by atomic mass is 9.91. The van der Waals surface area contributed by atoms with E-state index >= 15 is 0 Å². The monoisotopic (exact) mass is 308 g/mol. The van der Waals surface area contributed by atoms with Gasteiger partial charge in [-0.1, -0.05) is 18.2 Å². The van der Waals surface area contributed by atoms with Crippen LogP contribution in [-0.4, -0.2) is 24.0 Å². The van der Waals surface area contributed by atoms with Crippen molar-refractivity contribution in [3.05, 3.63) is 35.6 Å². The first-order chi connectivity index (χ1) is 9.65. The number of benzene rings is 1. The normalized spacial score (nSPS) is 18.6. The summed E-state index contributed by atoms with van der Waals surface area (Å²) in [6.45, 7) is 7.49. The number of hydrogen-bond donors (Lipinski definition) is 1. The van der Waals surface area contributed by atoms with Gasteiger partial charge >= 0.3 is 0 Å². The average molecular weight is 309 g/mol. The number of rotatable bonds is 3. The van der Waals surface area contributed by atoms with Gasteiger partial charge in [0.2, 0.25) is 0 Å². The standard InChI is InChI=1S/C17H24N2O.ClH/c1-12(18)14-7-9-19(10-8-14)11-16-13(2)20-17-6-4-3-5-15(16)17;/h3-6,12,14H,7-11,18H2,1-2H3;1H. The zero-order chi connectivity index (χ0) is 14.1. The number of nitrogens with zero attached hydrogens (tertiary/aromatic N) is 1. The number of hydrogen-bond acceptors (Lipinski definition) is 3. The van der Waals surface area contributed by atoms with Crippen molar-refractivity contribution in [1.29, 1.82) is 0 Å². The van der Waals surface area contributed by atoms with E-state index in [1.807, 2.05) is 12.1 Å². The third-order valence-electron chi connectivity index (χ3n) is 4.66. The Bertz CT molecular complexity index is 585. The maximum Gasteiger partial charge on any atom is 0.134 e. The summed E-state index contributed by atoms with van der Waals surface area (Å²) in [5.41, 5.74) is 8.37. The molecule has 4 heteroatoms. The lowest BCUT2D eigenvalue weighted by Gasteiger charge is -2.33. The highest BCUT2D eigenvalue weighted by atomic mass is 35.5. The quantitative estimate of drug-likeness (QED) is 0.939. The summed E-state index contributed by atoms with van der Waals surface area (Å²) in [5, 5.41) is 1.26. The highest BCUT2D eigenvalue weighted by Gasteiger charge is 2.23. The topological polar surface area (TPSA) is 42.4 Å². The molecule has 0 bridgehead atoms. The van der Waals surface area contributed by atoms with Gasteiger partial charge < -0.3 is 10.2 Å². The van der Waals surface area contributed by atoms with E-state index in [0.29, 0.717) is 12.0 Å². The second kappa shape index (κ2) is 6.82. The van der Waals surface area contributed by atoms with Crippen molar-refractivity contribution < 1.29 is 4.42 Å². The van der Waals surface area contributed by atoms with Gasteiger partial charge in [0.15, 0.2) is 0 Å². The maximum absolute atomic E-state index is 6.01. The molecular weight excluding hydrogens is 284 g/mol. The van der Waals surface area contributed by atoms with Gasteiger partial charge in [-0.05, 0) is 51.8 Å². The van der Waals surface area contributed by atoms with Gasteiger partial charge in [-0.2, -0.15) is 0 Å². The molecule has 0 radical (unpaired) electrons. The van der Waals surface area contributed by atoms with Crippen molar-refractivity contribution in [3.63, 3.8) is 0 Å². The molecule has 1 atom stereocenters. The first-order valence-electron chi connectivity index (χ1n) is 7.60. The predicted molar refractivity (Wildman–Crippen MR) is 89.8 cm³/mol. The Kier molecular flexibility index (Phi) is 5.31. The van der Waals surface area contributed by atoms with Crippen molar-refractivity contribution in [1.82, 2.24) is 4.90 Å². The molecule has 1 unspecified atom stereocenters. The van der Waals surface area contributed by atoms with Crippen molar-refractivity contribution in [2.45, 2.75) is 39.3 Å². The van der Waals surface area contributed by atoms with Gasteiger partial charge in [-0.25, -0.2) is 0 Å². The van der Waals surface area contributed by atoms with Gasteiger partial charge in [-0.3, -0.25) is 4.90 Å². The Balaban J connectivity index is 0.00000161. The molecule has 0 saturated carbocycles. The highest BCUT2D eigenvalue weighted by Crippen LogP contribution is 2.28. The van der Waals surface area contributed by atoms with Crippen LogP contribution in [0.4, 0.5) is 0 Å². The van der Waals surface area contributed by atoms with E-state index in [1.165, 1.54) is 23.8 Å². The summed E-state index contributed by atoms with van der Waals surface area (Å²) >= 11 is 0. The van der Waals surface area contributed by atoms with Crippen LogP contribution < -0.4 is 5.73 Å². The molecule has 3 rings (SSSR count). The fourth-order valence-electron chi connectivity index (χ4n) is 3.28. The van der Waals surface area contributed by atoms with Gasteiger partial charge in [-0.15, -0.1) is 12.4 Å². The minimum atomic E-state index is 0. The molecule has 0 aliphatic carbocycles. The molecule has 1 saturated heterocycles. The minimum absolute atomic E-state index is 0. The summed E-state index contributed by atoms with van der Waals surface area (Å²) in [7, 11) is 0. The van der Waals surface area contributed by atoms with Gasteiger partial charge in [0.1, 0.15) is 11.3 Å². The number of aryl methyl sites for hydroxylation is 1. The van der Waals surface area contributed by atoms with Crippen LogP contribution in [0.5, 0.6) is 0 Å². The Morgan fingerprint density at radius 3 is 2.62 bits per heavy atom. The van der Waals surface area contributed by atoms with E-state index in [-0.39, 0.29) is 12.4 Å². The van der Waals surface area contributed by atoms with E-state index in [2.05, 4.69) is 30.9 Å². The first kappa shape index (κ1) is 16.3. The maximum atomic E-state index is 6.01. The van der Waals surface area contributed by atoms with Crippen LogP contribution in [0.15, 0.2) is 28.7 Å². The van der Waals surface area contributed by atoms with E-state index in [0.717, 1.165) is 31.0 Å². The van der Waals surface area contributed by atoms with E-state index in [4.69, 9.17) is 10.2 Å². The molecule has 21 heavy (non-hydrogen) atoms.